The third kappa shape index (κ3) is 4.24. The van der Waals surface area contributed by atoms with Gasteiger partial charge in [0.2, 0.25) is 0 Å². The fraction of sp³-hybridized carbons (Fsp3) is 0.444. The number of benzene rings is 1. The average Bonchev–Trinajstić information content (AvgIpc) is 3.17. The van der Waals surface area contributed by atoms with Gasteiger partial charge in [-0.3, -0.25) is 9.48 Å². The molecule has 1 aromatic carbocycles. The van der Waals surface area contributed by atoms with E-state index in [1.807, 2.05) is 31.2 Å². The SMILES string of the molecule is COc1cccc(CCNC(=O)c2cc(C)n(C3CCS(=O)(=O)C3)n2)c1. The maximum Gasteiger partial charge on any atom is 0.271 e. The predicted octanol–water partition coefficient (Wildman–Crippen LogP) is 1.53. The van der Waals surface area contributed by atoms with Gasteiger partial charge in [0.1, 0.15) is 11.4 Å². The smallest absolute Gasteiger partial charge is 0.271 e. The Hall–Kier alpha value is -2.35. The molecule has 8 heteroatoms. The number of hydrogen-bond acceptors (Lipinski definition) is 5. The van der Waals surface area contributed by atoms with Gasteiger partial charge < -0.3 is 10.1 Å². The van der Waals surface area contributed by atoms with Crippen molar-refractivity contribution in [3.8, 4) is 5.75 Å². The molecule has 1 atom stereocenters. The van der Waals surface area contributed by atoms with Crippen LogP contribution in [0.4, 0.5) is 0 Å². The first kappa shape index (κ1) is 18.4. The molecule has 1 saturated heterocycles. The normalized spacial score (nSPS) is 18.6. The van der Waals surface area contributed by atoms with E-state index in [2.05, 4.69) is 10.4 Å². The molecule has 1 unspecified atom stereocenters. The van der Waals surface area contributed by atoms with Gasteiger partial charge in [-0.15, -0.1) is 0 Å². The molecule has 1 aromatic heterocycles. The van der Waals surface area contributed by atoms with Gasteiger partial charge in [0.25, 0.3) is 5.91 Å². The highest BCUT2D eigenvalue weighted by molar-refractivity contribution is 7.91. The van der Waals surface area contributed by atoms with Crippen LogP contribution in [0.25, 0.3) is 0 Å². The zero-order valence-electron chi connectivity index (χ0n) is 14.9. The van der Waals surface area contributed by atoms with Gasteiger partial charge in [-0.05, 0) is 43.5 Å². The van der Waals surface area contributed by atoms with Gasteiger partial charge in [-0.2, -0.15) is 5.10 Å². The Bertz CT molecular complexity index is 905. The number of carbonyl (C=O) groups excluding carboxylic acids is 1. The molecule has 1 fully saturated rings. The van der Waals surface area contributed by atoms with Crippen molar-refractivity contribution in [2.45, 2.75) is 25.8 Å². The number of sulfone groups is 1. The second-order valence-electron chi connectivity index (χ2n) is 6.53. The van der Waals surface area contributed by atoms with Crippen LogP contribution in [0, 0.1) is 6.92 Å². The first-order valence-electron chi connectivity index (χ1n) is 8.55. The van der Waals surface area contributed by atoms with Gasteiger partial charge in [-0.25, -0.2) is 8.42 Å². The minimum atomic E-state index is -2.99. The standard InChI is InChI=1S/C18H23N3O4S/c1-13-10-17(20-21(13)15-7-9-26(23,24)12-15)18(22)19-8-6-14-4-3-5-16(11-14)25-2/h3-5,10-11,15H,6-9,12H2,1-2H3,(H,19,22). The Balaban J connectivity index is 1.59. The molecule has 1 amide bonds. The maximum atomic E-state index is 12.3. The van der Waals surface area contributed by atoms with Crippen LogP contribution in [0.2, 0.25) is 0 Å². The number of methoxy groups -OCH3 is 1. The van der Waals surface area contributed by atoms with E-state index < -0.39 is 9.84 Å². The first-order chi connectivity index (χ1) is 12.4. The Morgan fingerprint density at radius 2 is 2.19 bits per heavy atom. The number of aryl methyl sites for hydroxylation is 1. The summed E-state index contributed by atoms with van der Waals surface area (Å²) in [6.45, 7) is 2.32. The van der Waals surface area contributed by atoms with Crippen LogP contribution in [0.15, 0.2) is 30.3 Å². The number of aromatic nitrogens is 2. The molecule has 0 radical (unpaired) electrons. The third-order valence-corrected chi connectivity index (χ3v) is 6.29. The molecule has 140 valence electrons. The number of ether oxygens (including phenoxy) is 1. The van der Waals surface area contributed by atoms with Crippen LogP contribution in [0.3, 0.4) is 0 Å². The van der Waals surface area contributed by atoms with Gasteiger partial charge in [0, 0.05) is 12.2 Å². The number of rotatable bonds is 6. The molecule has 1 aliphatic heterocycles. The summed E-state index contributed by atoms with van der Waals surface area (Å²) >= 11 is 0. The molecule has 2 aromatic rings. The van der Waals surface area contributed by atoms with Crippen molar-refractivity contribution >= 4 is 15.7 Å². The molecule has 0 spiro atoms. The fourth-order valence-electron chi connectivity index (χ4n) is 3.18. The number of nitrogens with zero attached hydrogens (tertiary/aromatic N) is 2. The molecular weight excluding hydrogens is 354 g/mol. The predicted molar refractivity (Wildman–Crippen MR) is 98.3 cm³/mol. The topological polar surface area (TPSA) is 90.3 Å². The quantitative estimate of drug-likeness (QED) is 0.825. The van der Waals surface area contributed by atoms with E-state index in [9.17, 15) is 13.2 Å². The molecule has 1 N–H and O–H groups in total. The van der Waals surface area contributed by atoms with E-state index in [-0.39, 0.29) is 23.5 Å². The van der Waals surface area contributed by atoms with E-state index in [1.54, 1.807) is 17.9 Å². The van der Waals surface area contributed by atoms with Crippen molar-refractivity contribution in [1.82, 2.24) is 15.1 Å². The summed E-state index contributed by atoms with van der Waals surface area (Å²) < 4.78 is 30.2. The highest BCUT2D eigenvalue weighted by Crippen LogP contribution is 2.24. The molecule has 3 rings (SSSR count). The molecule has 0 aliphatic carbocycles. The summed E-state index contributed by atoms with van der Waals surface area (Å²) in [7, 11) is -1.37. The molecular formula is C18H23N3O4S. The molecule has 7 nitrogen and oxygen atoms in total. The van der Waals surface area contributed by atoms with E-state index in [4.69, 9.17) is 4.74 Å². The molecule has 26 heavy (non-hydrogen) atoms. The Morgan fingerprint density at radius 1 is 1.38 bits per heavy atom. The van der Waals surface area contributed by atoms with E-state index in [1.165, 1.54) is 0 Å². The second kappa shape index (κ2) is 7.49. The largest absolute Gasteiger partial charge is 0.497 e. The van der Waals surface area contributed by atoms with E-state index >= 15 is 0 Å². The van der Waals surface area contributed by atoms with Gasteiger partial charge in [-0.1, -0.05) is 12.1 Å². The summed E-state index contributed by atoms with van der Waals surface area (Å²) in [5.74, 6) is 0.802. The highest BCUT2D eigenvalue weighted by Gasteiger charge is 2.31. The molecule has 0 saturated carbocycles. The van der Waals surface area contributed by atoms with Gasteiger partial charge in [0.05, 0.1) is 24.7 Å². The Kier molecular flexibility index (Phi) is 5.31. The summed E-state index contributed by atoms with van der Waals surface area (Å²) in [6, 6.07) is 9.22. The first-order valence-corrected chi connectivity index (χ1v) is 10.4. The van der Waals surface area contributed by atoms with Crippen molar-refractivity contribution in [3.63, 3.8) is 0 Å². The van der Waals surface area contributed by atoms with Crippen molar-refractivity contribution in [1.29, 1.82) is 0 Å². The van der Waals surface area contributed by atoms with Crippen LogP contribution in [0.5, 0.6) is 5.75 Å². The van der Waals surface area contributed by atoms with Crippen LogP contribution in [-0.2, 0) is 16.3 Å². The van der Waals surface area contributed by atoms with Crippen molar-refractivity contribution in [2.24, 2.45) is 0 Å². The number of nitrogens with one attached hydrogen (secondary N) is 1. The molecule has 1 aliphatic rings. The lowest BCUT2D eigenvalue weighted by Crippen LogP contribution is -2.26. The number of amides is 1. The van der Waals surface area contributed by atoms with E-state index in [0.717, 1.165) is 17.0 Å². The fourth-order valence-corrected chi connectivity index (χ4v) is 4.87. The minimum Gasteiger partial charge on any atom is -0.497 e. The molecule has 0 bridgehead atoms. The van der Waals surface area contributed by atoms with Crippen molar-refractivity contribution in [2.75, 3.05) is 25.2 Å². The van der Waals surface area contributed by atoms with E-state index in [0.29, 0.717) is 25.1 Å². The second-order valence-corrected chi connectivity index (χ2v) is 8.76. The van der Waals surface area contributed by atoms with Crippen LogP contribution >= 0.6 is 0 Å². The maximum absolute atomic E-state index is 12.3. The summed E-state index contributed by atoms with van der Waals surface area (Å²) in [5.41, 5.74) is 2.19. The van der Waals surface area contributed by atoms with Crippen LogP contribution < -0.4 is 10.1 Å². The Morgan fingerprint density at radius 3 is 2.88 bits per heavy atom. The van der Waals surface area contributed by atoms with Gasteiger partial charge >= 0.3 is 0 Å². The lowest BCUT2D eigenvalue weighted by molar-refractivity contribution is 0.0948. The lowest BCUT2D eigenvalue weighted by Gasteiger charge is -2.10. The molecule has 2 heterocycles. The number of hydrogen-bond donors (Lipinski definition) is 1. The lowest BCUT2D eigenvalue weighted by atomic mass is 10.1. The summed E-state index contributed by atoms with van der Waals surface area (Å²) in [6.07, 6.45) is 1.23. The van der Waals surface area contributed by atoms with Crippen molar-refractivity contribution < 1.29 is 17.9 Å². The summed E-state index contributed by atoms with van der Waals surface area (Å²) in [5, 5.41) is 7.19. The summed E-state index contributed by atoms with van der Waals surface area (Å²) in [4.78, 5) is 12.3. The van der Waals surface area contributed by atoms with Crippen LogP contribution in [-0.4, -0.2) is 49.3 Å². The van der Waals surface area contributed by atoms with Crippen molar-refractivity contribution in [3.05, 3.63) is 47.3 Å². The average molecular weight is 377 g/mol. The number of carbonyl (C=O) groups is 1. The Labute approximate surface area is 153 Å². The zero-order chi connectivity index (χ0) is 18.7. The van der Waals surface area contributed by atoms with Crippen LogP contribution in [0.1, 0.15) is 34.2 Å². The van der Waals surface area contributed by atoms with Gasteiger partial charge in [0.15, 0.2) is 9.84 Å². The monoisotopic (exact) mass is 377 g/mol. The minimum absolute atomic E-state index is 0.0897. The highest BCUT2D eigenvalue weighted by atomic mass is 32.2. The zero-order valence-corrected chi connectivity index (χ0v) is 15.8. The third-order valence-electron chi connectivity index (χ3n) is 4.54.